The first-order valence-electron chi connectivity index (χ1n) is 5.46. The molecule has 0 atom stereocenters. The van der Waals surface area contributed by atoms with Crippen molar-refractivity contribution < 1.29 is 0 Å². The minimum Gasteiger partial charge on any atom is -0.296 e. The van der Waals surface area contributed by atoms with Gasteiger partial charge in [-0.25, -0.2) is 0 Å². The van der Waals surface area contributed by atoms with Crippen molar-refractivity contribution in [3.8, 4) is 0 Å². The molecule has 0 N–H and O–H groups in total. The Morgan fingerprint density at radius 3 is 2.40 bits per heavy atom. The van der Waals surface area contributed by atoms with Crippen LogP contribution in [0.5, 0.6) is 0 Å². The minimum absolute atomic E-state index is 0.612. The van der Waals surface area contributed by atoms with E-state index in [0.717, 1.165) is 12.5 Å². The van der Waals surface area contributed by atoms with E-state index >= 15 is 0 Å². The zero-order valence-electron chi connectivity index (χ0n) is 9.96. The molecule has 0 aromatic carbocycles. The smallest absolute Gasteiger partial charge is 0.0342 e. The summed E-state index contributed by atoms with van der Waals surface area (Å²) in [6.45, 7) is 11.3. The second-order valence-electron chi connectivity index (χ2n) is 4.61. The third-order valence-corrected chi connectivity index (χ3v) is 4.28. The van der Waals surface area contributed by atoms with Crippen LogP contribution in [0.4, 0.5) is 0 Å². The molecule has 0 unspecified atom stereocenters. The predicted octanol–water partition coefficient (Wildman–Crippen LogP) is 4.38. The molecule has 1 rings (SSSR count). The molecular weight excluding hydrogens is 270 g/mol. The second kappa shape index (κ2) is 6.02. The lowest BCUT2D eigenvalue weighted by molar-refractivity contribution is 0.190. The summed E-state index contributed by atoms with van der Waals surface area (Å²) >= 11 is 5.43. The molecule has 3 heteroatoms. The maximum atomic E-state index is 3.59. The Hall–Kier alpha value is 0.140. The van der Waals surface area contributed by atoms with Crippen molar-refractivity contribution in [2.75, 3.05) is 6.54 Å². The predicted molar refractivity (Wildman–Crippen MR) is 72.4 cm³/mol. The van der Waals surface area contributed by atoms with Gasteiger partial charge in [-0.15, -0.1) is 11.3 Å². The van der Waals surface area contributed by atoms with Gasteiger partial charge in [0, 0.05) is 28.5 Å². The summed E-state index contributed by atoms with van der Waals surface area (Å²) in [5.74, 6) is 0.728. The van der Waals surface area contributed by atoms with E-state index in [4.69, 9.17) is 0 Å². The summed E-state index contributed by atoms with van der Waals surface area (Å²) in [7, 11) is 0. The van der Waals surface area contributed by atoms with Gasteiger partial charge < -0.3 is 0 Å². The van der Waals surface area contributed by atoms with Crippen molar-refractivity contribution in [1.29, 1.82) is 0 Å². The van der Waals surface area contributed by atoms with Gasteiger partial charge in [-0.3, -0.25) is 4.90 Å². The Kier molecular flexibility index (Phi) is 5.30. The van der Waals surface area contributed by atoms with Crippen LogP contribution in [0.2, 0.25) is 0 Å². The van der Waals surface area contributed by atoms with Crippen LogP contribution in [0, 0.1) is 5.92 Å². The van der Waals surface area contributed by atoms with Gasteiger partial charge in [0.15, 0.2) is 0 Å². The highest BCUT2D eigenvalue weighted by atomic mass is 79.9. The largest absolute Gasteiger partial charge is 0.296 e. The van der Waals surface area contributed by atoms with Crippen molar-refractivity contribution in [2.24, 2.45) is 5.92 Å². The van der Waals surface area contributed by atoms with E-state index in [-0.39, 0.29) is 0 Å². The zero-order valence-corrected chi connectivity index (χ0v) is 12.4. The van der Waals surface area contributed by atoms with Crippen molar-refractivity contribution in [3.63, 3.8) is 0 Å². The van der Waals surface area contributed by atoms with Crippen LogP contribution in [0.1, 0.15) is 32.6 Å². The first-order chi connectivity index (χ1) is 7.00. The number of hydrogen-bond acceptors (Lipinski definition) is 2. The first kappa shape index (κ1) is 13.2. The fraction of sp³-hybridized carbons (Fsp3) is 0.667. The molecule has 0 spiro atoms. The van der Waals surface area contributed by atoms with Gasteiger partial charge in [-0.1, -0.05) is 13.8 Å². The van der Waals surface area contributed by atoms with Gasteiger partial charge in [0.2, 0.25) is 0 Å². The van der Waals surface area contributed by atoms with Crippen molar-refractivity contribution in [3.05, 3.63) is 20.8 Å². The van der Waals surface area contributed by atoms with Crippen LogP contribution in [-0.2, 0) is 6.54 Å². The number of rotatable bonds is 5. The molecule has 1 aromatic heterocycles. The molecular formula is C12H20BrNS. The normalized spacial score (nSPS) is 12.0. The van der Waals surface area contributed by atoms with E-state index < -0.39 is 0 Å². The lowest BCUT2D eigenvalue weighted by Gasteiger charge is -2.27. The van der Waals surface area contributed by atoms with E-state index in [9.17, 15) is 0 Å². The molecule has 1 aromatic rings. The molecule has 86 valence electrons. The van der Waals surface area contributed by atoms with E-state index in [1.807, 2.05) is 11.3 Å². The van der Waals surface area contributed by atoms with Crippen LogP contribution in [0.25, 0.3) is 0 Å². The van der Waals surface area contributed by atoms with Crippen molar-refractivity contribution >= 4 is 27.3 Å². The maximum absolute atomic E-state index is 3.59. The van der Waals surface area contributed by atoms with Crippen molar-refractivity contribution in [2.45, 2.75) is 40.3 Å². The summed E-state index contributed by atoms with van der Waals surface area (Å²) < 4.78 is 1.25. The molecule has 0 aliphatic rings. The summed E-state index contributed by atoms with van der Waals surface area (Å²) in [5.41, 5.74) is 0. The van der Waals surface area contributed by atoms with Gasteiger partial charge in [0.25, 0.3) is 0 Å². The number of halogens is 1. The van der Waals surface area contributed by atoms with E-state index in [1.54, 1.807) is 0 Å². The summed E-state index contributed by atoms with van der Waals surface area (Å²) in [4.78, 5) is 3.96. The third-order valence-electron chi connectivity index (χ3n) is 2.37. The lowest BCUT2D eigenvalue weighted by Crippen LogP contribution is -2.33. The molecule has 1 nitrogen and oxygen atoms in total. The fourth-order valence-corrected chi connectivity index (χ4v) is 3.05. The van der Waals surface area contributed by atoms with Crippen LogP contribution >= 0.6 is 27.3 Å². The number of hydrogen-bond donors (Lipinski definition) is 0. The SMILES string of the molecule is CC(C)CN(Cc1sccc1Br)C(C)C. The lowest BCUT2D eigenvalue weighted by atomic mass is 10.2. The van der Waals surface area contributed by atoms with E-state index in [0.29, 0.717) is 6.04 Å². The molecule has 0 saturated carbocycles. The fourth-order valence-electron chi connectivity index (χ4n) is 1.55. The molecule has 15 heavy (non-hydrogen) atoms. The first-order valence-corrected chi connectivity index (χ1v) is 7.14. The Morgan fingerprint density at radius 1 is 1.33 bits per heavy atom. The van der Waals surface area contributed by atoms with Gasteiger partial charge in [0.1, 0.15) is 0 Å². The quantitative estimate of drug-likeness (QED) is 0.778. The molecule has 0 amide bonds. The summed E-state index contributed by atoms with van der Waals surface area (Å²) in [6.07, 6.45) is 0. The Labute approximate surface area is 106 Å². The summed E-state index contributed by atoms with van der Waals surface area (Å²) in [6, 6.07) is 2.75. The molecule has 0 aliphatic carbocycles. The van der Waals surface area contributed by atoms with E-state index in [2.05, 4.69) is 60.0 Å². The second-order valence-corrected chi connectivity index (χ2v) is 6.46. The zero-order chi connectivity index (χ0) is 11.4. The summed E-state index contributed by atoms with van der Waals surface area (Å²) in [5, 5.41) is 2.15. The Bertz CT molecular complexity index is 294. The highest BCUT2D eigenvalue weighted by Gasteiger charge is 2.13. The van der Waals surface area contributed by atoms with Gasteiger partial charge >= 0.3 is 0 Å². The highest BCUT2D eigenvalue weighted by Crippen LogP contribution is 2.25. The average molecular weight is 290 g/mol. The molecule has 0 radical (unpaired) electrons. The van der Waals surface area contributed by atoms with Crippen molar-refractivity contribution in [1.82, 2.24) is 4.90 Å². The monoisotopic (exact) mass is 289 g/mol. The molecule has 0 fully saturated rings. The van der Waals surface area contributed by atoms with Crippen LogP contribution in [0.3, 0.4) is 0 Å². The van der Waals surface area contributed by atoms with Crippen LogP contribution < -0.4 is 0 Å². The van der Waals surface area contributed by atoms with Gasteiger partial charge in [0.05, 0.1) is 0 Å². The Balaban J connectivity index is 2.63. The Morgan fingerprint density at radius 2 is 2.00 bits per heavy atom. The third kappa shape index (κ3) is 4.25. The number of thiophene rings is 1. The molecule has 0 saturated heterocycles. The number of nitrogens with zero attached hydrogens (tertiary/aromatic N) is 1. The molecule has 0 aliphatic heterocycles. The average Bonchev–Trinajstić information content (AvgIpc) is 2.50. The molecule has 0 bridgehead atoms. The van der Waals surface area contributed by atoms with Gasteiger partial charge in [-0.2, -0.15) is 0 Å². The van der Waals surface area contributed by atoms with Crippen LogP contribution in [0.15, 0.2) is 15.9 Å². The van der Waals surface area contributed by atoms with Crippen LogP contribution in [-0.4, -0.2) is 17.5 Å². The van der Waals surface area contributed by atoms with Gasteiger partial charge in [-0.05, 0) is 47.1 Å². The molecule has 1 heterocycles. The highest BCUT2D eigenvalue weighted by molar-refractivity contribution is 9.10. The topological polar surface area (TPSA) is 3.24 Å². The minimum atomic E-state index is 0.612. The standard InChI is InChI=1S/C12H20BrNS/c1-9(2)7-14(10(3)4)8-12-11(13)5-6-15-12/h5-6,9-10H,7-8H2,1-4H3. The maximum Gasteiger partial charge on any atom is 0.0342 e. The van der Waals surface area contributed by atoms with E-state index in [1.165, 1.54) is 15.9 Å².